The predicted molar refractivity (Wildman–Crippen MR) is 142 cm³/mol. The number of alkyl halides is 3. The van der Waals surface area contributed by atoms with E-state index in [9.17, 15) is 23.1 Å². The Bertz CT molecular complexity index is 1170. The molecule has 1 amide bonds. The fourth-order valence-electron chi connectivity index (χ4n) is 6.78. The van der Waals surface area contributed by atoms with Gasteiger partial charge in [0, 0.05) is 36.2 Å². The van der Waals surface area contributed by atoms with Gasteiger partial charge in [0.05, 0.1) is 11.0 Å². The van der Waals surface area contributed by atoms with Gasteiger partial charge in [0.2, 0.25) is 5.91 Å². The molecule has 2 aliphatic carbocycles. The molecular weight excluding hydrogens is 511 g/mol. The number of carbonyl (C=O) groups excluding carboxylic acids is 1. The van der Waals surface area contributed by atoms with E-state index in [2.05, 4.69) is 24.1 Å². The molecule has 2 heterocycles. The molecule has 3 aliphatic rings. The molecule has 208 valence electrons. The molecule has 5 rings (SSSR count). The first kappa shape index (κ1) is 27.6. The molecular formula is C29H38F3N3O2S. The van der Waals surface area contributed by atoms with Crippen LogP contribution >= 0.6 is 11.3 Å². The van der Waals surface area contributed by atoms with E-state index in [0.717, 1.165) is 53.6 Å². The lowest BCUT2D eigenvalue weighted by atomic mass is 9.73. The third kappa shape index (κ3) is 5.26. The van der Waals surface area contributed by atoms with Crippen molar-refractivity contribution in [2.45, 2.75) is 103 Å². The third-order valence-electron chi connectivity index (χ3n) is 9.22. The van der Waals surface area contributed by atoms with Crippen molar-refractivity contribution >= 4 is 17.2 Å². The molecule has 2 saturated carbocycles. The number of aryl methyl sites for hydroxylation is 1. The van der Waals surface area contributed by atoms with Crippen molar-refractivity contribution in [3.05, 3.63) is 51.0 Å². The van der Waals surface area contributed by atoms with Gasteiger partial charge in [0.15, 0.2) is 0 Å². The maximum atomic E-state index is 14.0. The standard InChI is InChI=1S/C29H38F3N3O2S/c1-18(2)27(26(36)35-13-9-20-4-5-22(29(30,31)32)14-21(20)17-35)10-6-24(15-27)34-23-7-11-28(37,12-8-23)25-33-16-19(3)38-25/h4-5,14,16,18,23-24,34,37H,6-13,15,17H2,1-3H3. The second-order valence-electron chi connectivity index (χ2n) is 12.0. The van der Waals surface area contributed by atoms with Crippen molar-refractivity contribution in [3.63, 3.8) is 0 Å². The zero-order chi connectivity index (χ0) is 27.3. The summed E-state index contributed by atoms with van der Waals surface area (Å²) < 4.78 is 39.9. The fourth-order valence-corrected chi connectivity index (χ4v) is 7.69. The van der Waals surface area contributed by atoms with Gasteiger partial charge >= 0.3 is 6.18 Å². The van der Waals surface area contributed by atoms with E-state index >= 15 is 0 Å². The Kier molecular flexibility index (Phi) is 7.41. The highest BCUT2D eigenvalue weighted by Gasteiger charge is 2.50. The summed E-state index contributed by atoms with van der Waals surface area (Å²) in [6, 6.07) is 4.43. The SMILES string of the molecule is Cc1cnc(C2(O)CCC(NC3CCC(C(=O)N4CCc5ccc(C(F)(F)F)cc5C4)(C(C)C)C3)CC2)s1. The van der Waals surface area contributed by atoms with Gasteiger partial charge in [-0.15, -0.1) is 11.3 Å². The Hall–Kier alpha value is -1.97. The topological polar surface area (TPSA) is 65.5 Å². The van der Waals surface area contributed by atoms with E-state index in [1.54, 1.807) is 22.3 Å². The van der Waals surface area contributed by atoms with Gasteiger partial charge in [0.1, 0.15) is 10.6 Å². The minimum absolute atomic E-state index is 0.0806. The average molecular weight is 550 g/mol. The van der Waals surface area contributed by atoms with Crippen molar-refractivity contribution in [3.8, 4) is 0 Å². The molecule has 1 aromatic heterocycles. The van der Waals surface area contributed by atoms with Crippen molar-refractivity contribution in [1.29, 1.82) is 0 Å². The minimum Gasteiger partial charge on any atom is -0.383 e. The van der Waals surface area contributed by atoms with E-state index in [0.29, 0.717) is 37.4 Å². The van der Waals surface area contributed by atoms with Crippen molar-refractivity contribution in [2.75, 3.05) is 6.54 Å². The highest BCUT2D eigenvalue weighted by atomic mass is 32.1. The summed E-state index contributed by atoms with van der Waals surface area (Å²) in [5.74, 6) is 0.214. The molecule has 1 aliphatic heterocycles. The highest BCUT2D eigenvalue weighted by Crippen LogP contribution is 2.47. The minimum atomic E-state index is -4.39. The van der Waals surface area contributed by atoms with Crippen molar-refractivity contribution in [2.24, 2.45) is 11.3 Å². The van der Waals surface area contributed by atoms with Gasteiger partial charge in [-0.2, -0.15) is 13.2 Å². The summed E-state index contributed by atoms with van der Waals surface area (Å²) in [5, 5.41) is 15.8. The van der Waals surface area contributed by atoms with Gasteiger partial charge in [-0.05, 0) is 87.5 Å². The van der Waals surface area contributed by atoms with Crippen LogP contribution in [-0.4, -0.2) is 39.5 Å². The molecule has 0 radical (unpaired) electrons. The molecule has 0 spiro atoms. The second kappa shape index (κ2) is 10.2. The molecule has 1 aromatic carbocycles. The Labute approximate surface area is 226 Å². The number of amides is 1. The smallest absolute Gasteiger partial charge is 0.383 e. The summed E-state index contributed by atoms with van der Waals surface area (Å²) in [6.07, 6.45) is 3.49. The van der Waals surface area contributed by atoms with Crippen LogP contribution in [0.1, 0.15) is 85.4 Å². The maximum Gasteiger partial charge on any atom is 0.416 e. The lowest BCUT2D eigenvalue weighted by Crippen LogP contribution is -2.49. The van der Waals surface area contributed by atoms with E-state index in [4.69, 9.17) is 0 Å². The summed E-state index contributed by atoms with van der Waals surface area (Å²) >= 11 is 1.57. The number of rotatable bonds is 5. The first-order valence-corrected chi connectivity index (χ1v) is 14.6. The van der Waals surface area contributed by atoms with E-state index in [1.807, 2.05) is 13.1 Å². The summed E-state index contributed by atoms with van der Waals surface area (Å²) in [5.41, 5.74) is -0.502. The van der Waals surface area contributed by atoms with Crippen LogP contribution in [0.2, 0.25) is 0 Å². The Balaban J connectivity index is 1.23. The Morgan fingerprint density at radius 1 is 1.16 bits per heavy atom. The molecule has 2 atom stereocenters. The maximum absolute atomic E-state index is 14.0. The number of thiazole rings is 1. The molecule has 2 fully saturated rings. The van der Waals surface area contributed by atoms with Crippen LogP contribution < -0.4 is 5.32 Å². The zero-order valence-corrected chi connectivity index (χ0v) is 23.2. The van der Waals surface area contributed by atoms with Gasteiger partial charge < -0.3 is 15.3 Å². The highest BCUT2D eigenvalue weighted by molar-refractivity contribution is 7.11. The predicted octanol–water partition coefficient (Wildman–Crippen LogP) is 5.97. The van der Waals surface area contributed by atoms with Crippen molar-refractivity contribution in [1.82, 2.24) is 15.2 Å². The number of nitrogens with one attached hydrogen (secondary N) is 1. The molecule has 0 bridgehead atoms. The molecule has 38 heavy (non-hydrogen) atoms. The average Bonchev–Trinajstić information content (AvgIpc) is 3.51. The van der Waals surface area contributed by atoms with Crippen LogP contribution in [0.15, 0.2) is 24.4 Å². The lowest BCUT2D eigenvalue weighted by Gasteiger charge is -2.40. The van der Waals surface area contributed by atoms with E-state index < -0.39 is 22.8 Å². The van der Waals surface area contributed by atoms with Crippen molar-refractivity contribution < 1.29 is 23.1 Å². The number of nitrogens with zero attached hydrogens (tertiary/aromatic N) is 2. The van der Waals surface area contributed by atoms with Gasteiger partial charge in [-0.3, -0.25) is 4.79 Å². The molecule has 2 aromatic rings. The van der Waals surface area contributed by atoms with E-state index in [1.165, 1.54) is 6.07 Å². The first-order chi connectivity index (χ1) is 17.9. The molecule has 2 N–H and O–H groups in total. The lowest BCUT2D eigenvalue weighted by molar-refractivity contribution is -0.145. The number of carbonyl (C=O) groups is 1. The van der Waals surface area contributed by atoms with Crippen LogP contribution in [0.5, 0.6) is 0 Å². The van der Waals surface area contributed by atoms with Crippen LogP contribution in [0.3, 0.4) is 0 Å². The Morgan fingerprint density at radius 2 is 1.87 bits per heavy atom. The normalized spacial score (nSPS) is 30.1. The van der Waals surface area contributed by atoms with Crippen LogP contribution in [0, 0.1) is 18.3 Å². The molecule has 2 unspecified atom stereocenters. The number of fused-ring (bicyclic) bond motifs is 1. The number of aliphatic hydroxyl groups is 1. The first-order valence-electron chi connectivity index (χ1n) is 13.8. The zero-order valence-electron chi connectivity index (χ0n) is 22.4. The quantitative estimate of drug-likeness (QED) is 0.482. The largest absolute Gasteiger partial charge is 0.416 e. The monoisotopic (exact) mass is 549 g/mol. The Morgan fingerprint density at radius 3 is 2.50 bits per heavy atom. The van der Waals surface area contributed by atoms with E-state index in [-0.39, 0.29) is 24.4 Å². The number of hydrogen-bond donors (Lipinski definition) is 2. The van der Waals surface area contributed by atoms with Crippen LogP contribution in [0.4, 0.5) is 13.2 Å². The summed E-state index contributed by atoms with van der Waals surface area (Å²) in [4.78, 5) is 21.3. The van der Waals surface area contributed by atoms with Gasteiger partial charge in [0.25, 0.3) is 0 Å². The number of benzene rings is 1. The summed E-state index contributed by atoms with van der Waals surface area (Å²) in [6.45, 7) is 6.97. The number of aromatic nitrogens is 1. The molecule has 5 nitrogen and oxygen atoms in total. The van der Waals surface area contributed by atoms with Crippen LogP contribution in [0.25, 0.3) is 0 Å². The third-order valence-corrected chi connectivity index (χ3v) is 10.3. The fraction of sp³-hybridized carbons (Fsp3) is 0.655. The summed E-state index contributed by atoms with van der Waals surface area (Å²) in [7, 11) is 0. The second-order valence-corrected chi connectivity index (χ2v) is 13.2. The molecule has 0 saturated heterocycles. The van der Waals surface area contributed by atoms with Gasteiger partial charge in [-0.25, -0.2) is 4.98 Å². The van der Waals surface area contributed by atoms with Crippen LogP contribution in [-0.2, 0) is 29.5 Å². The number of halogens is 3. The van der Waals surface area contributed by atoms with Gasteiger partial charge in [-0.1, -0.05) is 19.9 Å². The molecule has 9 heteroatoms. The number of hydrogen-bond acceptors (Lipinski definition) is 5.